The van der Waals surface area contributed by atoms with Gasteiger partial charge in [-0.2, -0.15) is 10.4 Å². The molecular weight excluding hydrogens is 202 g/mol. The Bertz CT molecular complexity index is 392. The van der Waals surface area contributed by atoms with Gasteiger partial charge in [0.05, 0.1) is 11.8 Å². The molecule has 1 saturated heterocycles. The Hall–Kier alpha value is -1.67. The van der Waals surface area contributed by atoms with Gasteiger partial charge < -0.3 is 10.2 Å². The van der Waals surface area contributed by atoms with Crippen LogP contribution in [-0.4, -0.2) is 35.9 Å². The van der Waals surface area contributed by atoms with Crippen LogP contribution in [0.2, 0.25) is 0 Å². The van der Waals surface area contributed by atoms with Crippen molar-refractivity contribution in [2.75, 3.05) is 24.5 Å². The van der Waals surface area contributed by atoms with Crippen molar-refractivity contribution in [1.82, 2.24) is 15.5 Å². The first-order valence-electron chi connectivity index (χ1n) is 5.56. The minimum absolute atomic E-state index is 0.425. The number of likely N-dealkylation sites (N-methyl/N-ethyl adjacent to an activating group) is 1. The third kappa shape index (κ3) is 1.97. The van der Waals surface area contributed by atoms with E-state index in [1.807, 2.05) is 0 Å². The molecule has 0 aliphatic carbocycles. The maximum absolute atomic E-state index is 9.05. The summed E-state index contributed by atoms with van der Waals surface area (Å²) < 4.78 is 0. The van der Waals surface area contributed by atoms with E-state index in [4.69, 9.17) is 5.26 Å². The van der Waals surface area contributed by atoms with Crippen molar-refractivity contribution in [3.63, 3.8) is 0 Å². The number of nitrogens with zero attached hydrogens (tertiary/aromatic N) is 4. The largest absolute Gasteiger partial charge is 0.350 e. The average Bonchev–Trinajstić information content (AvgIpc) is 2.84. The number of hydrogen-bond donors (Lipinski definition) is 1. The topological polar surface area (TPSA) is 64.8 Å². The molecule has 1 aliphatic heterocycles. The Morgan fingerprint density at radius 3 is 3.19 bits per heavy atom. The molecule has 0 spiro atoms. The second-order valence-corrected chi connectivity index (χ2v) is 3.81. The van der Waals surface area contributed by atoms with Crippen LogP contribution >= 0.6 is 0 Å². The van der Waals surface area contributed by atoms with Crippen LogP contribution in [-0.2, 0) is 0 Å². The van der Waals surface area contributed by atoms with E-state index >= 15 is 0 Å². The zero-order valence-electron chi connectivity index (χ0n) is 9.35. The fourth-order valence-corrected chi connectivity index (χ4v) is 2.11. The average molecular weight is 217 g/mol. The number of rotatable bonds is 3. The van der Waals surface area contributed by atoms with Crippen LogP contribution in [0.3, 0.4) is 0 Å². The Morgan fingerprint density at radius 2 is 2.56 bits per heavy atom. The highest BCUT2D eigenvalue weighted by molar-refractivity contribution is 5.53. The van der Waals surface area contributed by atoms with Gasteiger partial charge in [0.15, 0.2) is 5.82 Å². The molecule has 0 amide bonds. The molecule has 0 radical (unpaired) electrons. The summed E-state index contributed by atoms with van der Waals surface area (Å²) in [6.07, 6.45) is 2.65. The van der Waals surface area contributed by atoms with Crippen LogP contribution in [0.1, 0.15) is 18.9 Å². The lowest BCUT2D eigenvalue weighted by molar-refractivity contribution is 0.635. The van der Waals surface area contributed by atoms with Gasteiger partial charge in [0, 0.05) is 19.1 Å². The molecule has 1 aliphatic rings. The molecule has 1 fully saturated rings. The van der Waals surface area contributed by atoms with Gasteiger partial charge in [-0.15, -0.1) is 5.10 Å². The lowest BCUT2D eigenvalue weighted by Crippen LogP contribution is -2.38. The van der Waals surface area contributed by atoms with Gasteiger partial charge in [-0.3, -0.25) is 0 Å². The van der Waals surface area contributed by atoms with Crippen molar-refractivity contribution in [2.24, 2.45) is 0 Å². The van der Waals surface area contributed by atoms with Crippen LogP contribution in [0, 0.1) is 11.3 Å². The molecule has 1 N–H and O–H groups in total. The molecule has 0 aromatic carbocycles. The number of aromatic nitrogens is 2. The molecule has 0 saturated carbocycles. The molecule has 5 nitrogen and oxygen atoms in total. The molecule has 1 aromatic rings. The predicted molar refractivity (Wildman–Crippen MR) is 61.0 cm³/mol. The SMILES string of the molecule is CCN(c1nnccc1C#N)C1CCNC1. The minimum atomic E-state index is 0.425. The summed E-state index contributed by atoms with van der Waals surface area (Å²) in [4.78, 5) is 2.16. The highest BCUT2D eigenvalue weighted by Gasteiger charge is 2.24. The predicted octanol–water partition coefficient (Wildman–Crippen LogP) is 0.536. The van der Waals surface area contributed by atoms with E-state index in [1.165, 1.54) is 0 Å². The second-order valence-electron chi connectivity index (χ2n) is 3.81. The summed E-state index contributed by atoms with van der Waals surface area (Å²) in [5.74, 6) is 0.709. The van der Waals surface area contributed by atoms with Crippen molar-refractivity contribution >= 4 is 5.82 Å². The Balaban J connectivity index is 2.29. The van der Waals surface area contributed by atoms with Gasteiger partial charge in [0.2, 0.25) is 0 Å². The molecule has 2 rings (SSSR count). The molecular formula is C11H15N5. The number of anilines is 1. The summed E-state index contributed by atoms with van der Waals surface area (Å²) in [6, 6.07) is 4.31. The van der Waals surface area contributed by atoms with Gasteiger partial charge >= 0.3 is 0 Å². The number of hydrogen-bond acceptors (Lipinski definition) is 5. The molecule has 5 heteroatoms. The zero-order chi connectivity index (χ0) is 11.4. The summed E-state index contributed by atoms with van der Waals surface area (Å²) in [5.41, 5.74) is 0.601. The second kappa shape index (κ2) is 4.90. The maximum atomic E-state index is 9.05. The third-order valence-corrected chi connectivity index (χ3v) is 2.91. The summed E-state index contributed by atoms with van der Waals surface area (Å²) >= 11 is 0. The fourth-order valence-electron chi connectivity index (χ4n) is 2.11. The van der Waals surface area contributed by atoms with Gasteiger partial charge in [-0.1, -0.05) is 0 Å². The molecule has 0 bridgehead atoms. The van der Waals surface area contributed by atoms with Gasteiger partial charge in [0.1, 0.15) is 6.07 Å². The quantitative estimate of drug-likeness (QED) is 0.800. The van der Waals surface area contributed by atoms with E-state index in [0.29, 0.717) is 17.4 Å². The van der Waals surface area contributed by atoms with Crippen LogP contribution in [0.25, 0.3) is 0 Å². The zero-order valence-corrected chi connectivity index (χ0v) is 9.35. The molecule has 2 heterocycles. The van der Waals surface area contributed by atoms with E-state index in [0.717, 1.165) is 26.1 Å². The van der Waals surface area contributed by atoms with E-state index < -0.39 is 0 Å². The van der Waals surface area contributed by atoms with Gasteiger partial charge in [-0.05, 0) is 26.0 Å². The molecule has 84 valence electrons. The van der Waals surface area contributed by atoms with Gasteiger partial charge in [0.25, 0.3) is 0 Å². The summed E-state index contributed by atoms with van der Waals surface area (Å²) in [6.45, 7) is 4.91. The maximum Gasteiger partial charge on any atom is 0.169 e. The lowest BCUT2D eigenvalue weighted by Gasteiger charge is -2.28. The van der Waals surface area contributed by atoms with Crippen molar-refractivity contribution in [2.45, 2.75) is 19.4 Å². The molecule has 1 atom stereocenters. The first kappa shape index (κ1) is 10.8. The van der Waals surface area contributed by atoms with Gasteiger partial charge in [-0.25, -0.2) is 0 Å². The third-order valence-electron chi connectivity index (χ3n) is 2.91. The van der Waals surface area contributed by atoms with Crippen LogP contribution in [0.4, 0.5) is 5.82 Å². The fraction of sp³-hybridized carbons (Fsp3) is 0.545. The first-order chi connectivity index (χ1) is 7.86. The van der Waals surface area contributed by atoms with Crippen molar-refractivity contribution < 1.29 is 0 Å². The normalized spacial score (nSPS) is 19.4. The highest BCUT2D eigenvalue weighted by atomic mass is 15.3. The monoisotopic (exact) mass is 217 g/mol. The van der Waals surface area contributed by atoms with E-state index in [-0.39, 0.29) is 0 Å². The van der Waals surface area contributed by atoms with Crippen molar-refractivity contribution in [3.8, 4) is 6.07 Å². The summed E-state index contributed by atoms with van der Waals surface area (Å²) in [5, 5.41) is 20.3. The van der Waals surface area contributed by atoms with Crippen molar-refractivity contribution in [3.05, 3.63) is 17.8 Å². The molecule has 16 heavy (non-hydrogen) atoms. The smallest absolute Gasteiger partial charge is 0.169 e. The number of nitrogens with one attached hydrogen (secondary N) is 1. The number of nitriles is 1. The van der Waals surface area contributed by atoms with Crippen LogP contribution < -0.4 is 10.2 Å². The molecule has 1 aromatic heterocycles. The minimum Gasteiger partial charge on any atom is -0.350 e. The standard InChI is InChI=1S/C11H15N5/c1-2-16(10-4-5-13-8-10)11-9(7-12)3-6-14-15-11/h3,6,10,13H,2,4-5,8H2,1H3. The highest BCUT2D eigenvalue weighted by Crippen LogP contribution is 2.20. The lowest BCUT2D eigenvalue weighted by atomic mass is 10.2. The molecule has 1 unspecified atom stereocenters. The van der Waals surface area contributed by atoms with Crippen molar-refractivity contribution in [1.29, 1.82) is 5.26 Å². The van der Waals surface area contributed by atoms with Crippen LogP contribution in [0.5, 0.6) is 0 Å². The Labute approximate surface area is 95.1 Å². The summed E-state index contributed by atoms with van der Waals surface area (Å²) in [7, 11) is 0. The first-order valence-corrected chi connectivity index (χ1v) is 5.56. The van der Waals surface area contributed by atoms with E-state index in [1.54, 1.807) is 12.3 Å². The van der Waals surface area contributed by atoms with Crippen LogP contribution in [0.15, 0.2) is 12.3 Å². The Morgan fingerprint density at radius 1 is 1.69 bits per heavy atom. The van der Waals surface area contributed by atoms with E-state index in [2.05, 4.69) is 33.4 Å². The Kier molecular flexibility index (Phi) is 3.32. The van der Waals surface area contributed by atoms with E-state index in [9.17, 15) is 0 Å².